The summed E-state index contributed by atoms with van der Waals surface area (Å²) in [7, 11) is 0. The zero-order valence-corrected chi connectivity index (χ0v) is 10.5. The summed E-state index contributed by atoms with van der Waals surface area (Å²) in [5.41, 5.74) is 1.52. The van der Waals surface area contributed by atoms with Gasteiger partial charge in [0.05, 0.1) is 0 Å². The lowest BCUT2D eigenvalue weighted by Gasteiger charge is -2.09. The average molecular weight is 244 g/mol. The lowest BCUT2D eigenvalue weighted by Crippen LogP contribution is -2.32. The highest BCUT2D eigenvalue weighted by Crippen LogP contribution is 2.19. The van der Waals surface area contributed by atoms with Crippen molar-refractivity contribution in [1.29, 1.82) is 0 Å². The zero-order chi connectivity index (χ0) is 13.1. The summed E-state index contributed by atoms with van der Waals surface area (Å²) >= 11 is 0. The van der Waals surface area contributed by atoms with E-state index in [4.69, 9.17) is 0 Å². The lowest BCUT2D eigenvalue weighted by atomic mass is 10.2. The Balaban J connectivity index is 2.33. The van der Waals surface area contributed by atoms with Crippen LogP contribution in [-0.4, -0.2) is 22.8 Å². The number of nitrogens with one attached hydrogen (secondary N) is 1. The maximum absolute atomic E-state index is 11.7. The van der Waals surface area contributed by atoms with Gasteiger partial charge in [-0.15, -0.1) is 0 Å². The van der Waals surface area contributed by atoms with E-state index in [0.717, 1.165) is 17.2 Å². The summed E-state index contributed by atoms with van der Waals surface area (Å²) in [5.74, 6) is -0.0526. The third kappa shape index (κ3) is 2.42. The highest BCUT2D eigenvalue weighted by molar-refractivity contribution is 5.98. The van der Waals surface area contributed by atoms with E-state index in [0.29, 0.717) is 5.56 Å². The molecule has 0 aliphatic carbocycles. The number of para-hydroxylation sites is 1. The van der Waals surface area contributed by atoms with E-state index in [-0.39, 0.29) is 18.5 Å². The molecule has 1 aromatic heterocycles. The number of carbonyl (C=O) groups is 2. The normalized spacial score (nSPS) is 10.8. The predicted octanol–water partition coefficient (Wildman–Crippen LogP) is 1.98. The van der Waals surface area contributed by atoms with E-state index in [2.05, 4.69) is 5.32 Å². The minimum atomic E-state index is -0.0526. The molecule has 4 nitrogen and oxygen atoms in total. The smallest absolute Gasteiger partial charge is 0.240 e. The van der Waals surface area contributed by atoms with Gasteiger partial charge in [0.1, 0.15) is 6.54 Å². The SMILES string of the molecule is CC(C)NC(=O)Cn1cc(C=O)c2ccccc21. The van der Waals surface area contributed by atoms with Crippen LogP contribution >= 0.6 is 0 Å². The van der Waals surface area contributed by atoms with Gasteiger partial charge in [-0.3, -0.25) is 9.59 Å². The number of fused-ring (bicyclic) bond motifs is 1. The second-order valence-corrected chi connectivity index (χ2v) is 4.57. The van der Waals surface area contributed by atoms with Crippen molar-refractivity contribution in [2.75, 3.05) is 0 Å². The van der Waals surface area contributed by atoms with E-state index in [1.54, 1.807) is 10.8 Å². The van der Waals surface area contributed by atoms with Crippen LogP contribution < -0.4 is 5.32 Å². The first-order valence-corrected chi connectivity index (χ1v) is 5.94. The molecule has 0 fully saturated rings. The molecule has 0 unspecified atom stereocenters. The Kier molecular flexibility index (Phi) is 3.46. The molecular formula is C14H16N2O2. The standard InChI is InChI=1S/C14H16N2O2/c1-10(2)15-14(18)8-16-7-11(9-17)12-5-3-4-6-13(12)16/h3-7,9-10H,8H2,1-2H3,(H,15,18). The van der Waals surface area contributed by atoms with Crippen LogP contribution in [0.15, 0.2) is 30.5 Å². The van der Waals surface area contributed by atoms with Gasteiger partial charge in [-0.1, -0.05) is 18.2 Å². The van der Waals surface area contributed by atoms with Gasteiger partial charge in [0.25, 0.3) is 0 Å². The minimum absolute atomic E-state index is 0.0526. The summed E-state index contributed by atoms with van der Waals surface area (Å²) in [5, 5.41) is 3.71. The molecule has 0 saturated carbocycles. The van der Waals surface area contributed by atoms with Crippen molar-refractivity contribution in [2.24, 2.45) is 0 Å². The van der Waals surface area contributed by atoms with E-state index in [1.807, 2.05) is 38.1 Å². The van der Waals surface area contributed by atoms with Crippen LogP contribution in [0.25, 0.3) is 10.9 Å². The van der Waals surface area contributed by atoms with Crippen molar-refractivity contribution in [2.45, 2.75) is 26.4 Å². The number of carbonyl (C=O) groups excluding carboxylic acids is 2. The topological polar surface area (TPSA) is 51.1 Å². The van der Waals surface area contributed by atoms with Crippen molar-refractivity contribution in [3.05, 3.63) is 36.0 Å². The van der Waals surface area contributed by atoms with Crippen LogP contribution in [0.1, 0.15) is 24.2 Å². The maximum Gasteiger partial charge on any atom is 0.240 e. The number of aldehydes is 1. The molecule has 0 bridgehead atoms. The Bertz CT molecular complexity index is 584. The summed E-state index contributed by atoms with van der Waals surface area (Å²) in [6.45, 7) is 4.07. The zero-order valence-electron chi connectivity index (χ0n) is 10.5. The molecule has 2 aromatic rings. The first-order chi connectivity index (χ1) is 8.61. The fourth-order valence-electron chi connectivity index (χ4n) is 2.02. The van der Waals surface area contributed by atoms with E-state index < -0.39 is 0 Å². The van der Waals surface area contributed by atoms with Crippen molar-refractivity contribution in [3.8, 4) is 0 Å². The van der Waals surface area contributed by atoms with Gasteiger partial charge >= 0.3 is 0 Å². The van der Waals surface area contributed by atoms with Gasteiger partial charge in [-0.25, -0.2) is 0 Å². The van der Waals surface area contributed by atoms with Gasteiger partial charge in [0.15, 0.2) is 6.29 Å². The molecule has 1 N–H and O–H groups in total. The quantitative estimate of drug-likeness (QED) is 0.836. The molecule has 1 heterocycles. The highest BCUT2D eigenvalue weighted by atomic mass is 16.2. The fraction of sp³-hybridized carbons (Fsp3) is 0.286. The van der Waals surface area contributed by atoms with Crippen LogP contribution in [0.5, 0.6) is 0 Å². The number of amides is 1. The number of hydrogen-bond donors (Lipinski definition) is 1. The molecular weight excluding hydrogens is 228 g/mol. The Morgan fingerprint density at radius 1 is 1.39 bits per heavy atom. The molecule has 0 aliphatic rings. The highest BCUT2D eigenvalue weighted by Gasteiger charge is 2.10. The van der Waals surface area contributed by atoms with Gasteiger partial charge < -0.3 is 9.88 Å². The largest absolute Gasteiger partial charge is 0.352 e. The average Bonchev–Trinajstić information content (AvgIpc) is 2.67. The van der Waals surface area contributed by atoms with Crippen molar-refractivity contribution >= 4 is 23.1 Å². The number of nitrogens with zero attached hydrogens (tertiary/aromatic N) is 1. The molecule has 4 heteroatoms. The second-order valence-electron chi connectivity index (χ2n) is 4.57. The van der Waals surface area contributed by atoms with Crippen molar-refractivity contribution < 1.29 is 9.59 Å². The third-order valence-electron chi connectivity index (χ3n) is 2.71. The Labute approximate surface area is 106 Å². The van der Waals surface area contributed by atoms with Gasteiger partial charge in [0.2, 0.25) is 5.91 Å². The van der Waals surface area contributed by atoms with Crippen molar-refractivity contribution in [1.82, 2.24) is 9.88 Å². The summed E-state index contributed by atoms with van der Waals surface area (Å²) in [6, 6.07) is 7.69. The predicted molar refractivity (Wildman–Crippen MR) is 70.6 cm³/mol. The summed E-state index contributed by atoms with van der Waals surface area (Å²) < 4.78 is 1.80. The molecule has 1 amide bonds. The second kappa shape index (κ2) is 5.04. The number of aromatic nitrogens is 1. The molecule has 0 aliphatic heterocycles. The third-order valence-corrected chi connectivity index (χ3v) is 2.71. The van der Waals surface area contributed by atoms with Crippen LogP contribution in [0.2, 0.25) is 0 Å². The molecule has 94 valence electrons. The Hall–Kier alpha value is -2.10. The molecule has 0 saturated heterocycles. The van der Waals surface area contributed by atoms with Crippen LogP contribution in [-0.2, 0) is 11.3 Å². The van der Waals surface area contributed by atoms with E-state index in [1.165, 1.54) is 0 Å². The monoisotopic (exact) mass is 244 g/mol. The number of benzene rings is 1. The maximum atomic E-state index is 11.7. The molecule has 18 heavy (non-hydrogen) atoms. The lowest BCUT2D eigenvalue weighted by molar-refractivity contribution is -0.122. The van der Waals surface area contributed by atoms with Crippen LogP contribution in [0.4, 0.5) is 0 Å². The van der Waals surface area contributed by atoms with E-state index >= 15 is 0 Å². The fourth-order valence-corrected chi connectivity index (χ4v) is 2.02. The summed E-state index contributed by atoms with van der Waals surface area (Å²) in [4.78, 5) is 22.7. The van der Waals surface area contributed by atoms with Gasteiger partial charge in [0, 0.05) is 28.7 Å². The van der Waals surface area contributed by atoms with Gasteiger partial charge in [-0.05, 0) is 19.9 Å². The van der Waals surface area contributed by atoms with Gasteiger partial charge in [-0.2, -0.15) is 0 Å². The molecule has 1 aromatic carbocycles. The van der Waals surface area contributed by atoms with Crippen LogP contribution in [0.3, 0.4) is 0 Å². The molecule has 2 rings (SSSR count). The molecule has 0 spiro atoms. The van der Waals surface area contributed by atoms with Crippen molar-refractivity contribution in [3.63, 3.8) is 0 Å². The van der Waals surface area contributed by atoms with E-state index in [9.17, 15) is 9.59 Å². The Morgan fingerprint density at radius 3 is 2.78 bits per heavy atom. The van der Waals surface area contributed by atoms with Crippen LogP contribution in [0, 0.1) is 0 Å². The number of rotatable bonds is 4. The molecule has 0 radical (unpaired) electrons. The number of hydrogen-bond acceptors (Lipinski definition) is 2. The Morgan fingerprint density at radius 2 is 2.11 bits per heavy atom. The summed E-state index contributed by atoms with van der Waals surface area (Å²) in [6.07, 6.45) is 2.54. The molecule has 0 atom stereocenters. The first-order valence-electron chi connectivity index (χ1n) is 5.94. The first kappa shape index (κ1) is 12.4. The minimum Gasteiger partial charge on any atom is -0.352 e.